The molecule has 0 unspecified atom stereocenters. The zero-order valence-corrected chi connectivity index (χ0v) is 8.90. The van der Waals surface area contributed by atoms with Gasteiger partial charge in [-0.2, -0.15) is 5.10 Å². The molecule has 0 fully saturated rings. The molecule has 0 spiro atoms. The summed E-state index contributed by atoms with van der Waals surface area (Å²) in [5.41, 5.74) is -0.0377. The van der Waals surface area contributed by atoms with Crippen LogP contribution >= 0.6 is 0 Å². The Hall–Kier alpha value is -1.65. The van der Waals surface area contributed by atoms with Crippen molar-refractivity contribution < 1.29 is 9.53 Å². The monoisotopic (exact) mass is 210 g/mol. The van der Waals surface area contributed by atoms with Gasteiger partial charge in [-0.1, -0.05) is 13.3 Å². The highest BCUT2D eigenvalue weighted by Crippen LogP contribution is 1.95. The zero-order chi connectivity index (χ0) is 11.3. The van der Waals surface area contributed by atoms with Crippen molar-refractivity contribution >= 4 is 5.97 Å². The van der Waals surface area contributed by atoms with Crippen LogP contribution in [0.2, 0.25) is 0 Å². The van der Waals surface area contributed by atoms with E-state index in [-0.39, 0.29) is 11.3 Å². The molecule has 0 atom stereocenters. The van der Waals surface area contributed by atoms with Crippen molar-refractivity contribution in [2.45, 2.75) is 26.3 Å². The number of methoxy groups -OCH3 is 1. The van der Waals surface area contributed by atoms with Crippen LogP contribution in [0.3, 0.4) is 0 Å². The first-order chi connectivity index (χ1) is 7.19. The van der Waals surface area contributed by atoms with Crippen LogP contribution < -0.4 is 5.56 Å². The molecule has 0 saturated heterocycles. The molecule has 1 heterocycles. The number of aromatic nitrogens is 2. The highest BCUT2D eigenvalue weighted by Gasteiger charge is 2.08. The zero-order valence-electron chi connectivity index (χ0n) is 8.90. The molecule has 0 amide bonds. The molecule has 15 heavy (non-hydrogen) atoms. The van der Waals surface area contributed by atoms with Gasteiger partial charge in [0.25, 0.3) is 5.56 Å². The van der Waals surface area contributed by atoms with Gasteiger partial charge >= 0.3 is 5.97 Å². The molecule has 1 rings (SSSR count). The van der Waals surface area contributed by atoms with E-state index >= 15 is 0 Å². The lowest BCUT2D eigenvalue weighted by Crippen LogP contribution is -2.24. The minimum atomic E-state index is -0.528. The first-order valence-corrected chi connectivity index (χ1v) is 4.85. The average molecular weight is 210 g/mol. The van der Waals surface area contributed by atoms with Crippen LogP contribution in [0.25, 0.3) is 0 Å². The maximum absolute atomic E-state index is 11.3. The molecular weight excluding hydrogens is 196 g/mol. The van der Waals surface area contributed by atoms with Gasteiger partial charge in [0, 0.05) is 12.6 Å². The van der Waals surface area contributed by atoms with Gasteiger partial charge in [0.05, 0.1) is 7.11 Å². The number of hydrogen-bond donors (Lipinski definition) is 0. The van der Waals surface area contributed by atoms with Gasteiger partial charge < -0.3 is 4.74 Å². The van der Waals surface area contributed by atoms with E-state index < -0.39 is 5.97 Å². The smallest absolute Gasteiger partial charge is 0.358 e. The van der Waals surface area contributed by atoms with Crippen molar-refractivity contribution in [1.82, 2.24) is 9.78 Å². The SMILES string of the molecule is CCCCn1nc(C(=O)OC)ccc1=O. The van der Waals surface area contributed by atoms with Gasteiger partial charge in [-0.3, -0.25) is 4.79 Å². The molecule has 0 bridgehead atoms. The van der Waals surface area contributed by atoms with E-state index in [0.29, 0.717) is 6.54 Å². The van der Waals surface area contributed by atoms with Crippen molar-refractivity contribution in [3.63, 3.8) is 0 Å². The summed E-state index contributed by atoms with van der Waals surface area (Å²) in [7, 11) is 1.28. The molecule has 0 aliphatic heterocycles. The van der Waals surface area contributed by atoms with E-state index in [1.807, 2.05) is 6.92 Å². The Morgan fingerprint density at radius 1 is 1.53 bits per heavy atom. The molecule has 0 aromatic carbocycles. The summed E-state index contributed by atoms with van der Waals surface area (Å²) in [4.78, 5) is 22.5. The molecule has 5 nitrogen and oxygen atoms in total. The number of nitrogens with zero attached hydrogens (tertiary/aromatic N) is 2. The van der Waals surface area contributed by atoms with Crippen LogP contribution in [0, 0.1) is 0 Å². The first-order valence-electron chi connectivity index (χ1n) is 4.85. The van der Waals surface area contributed by atoms with E-state index in [2.05, 4.69) is 9.84 Å². The van der Waals surface area contributed by atoms with Gasteiger partial charge in [-0.25, -0.2) is 9.48 Å². The molecule has 0 aliphatic rings. The lowest BCUT2D eigenvalue weighted by molar-refractivity contribution is 0.0590. The van der Waals surface area contributed by atoms with E-state index in [1.165, 1.54) is 23.9 Å². The average Bonchev–Trinajstić information content (AvgIpc) is 2.27. The summed E-state index contributed by atoms with van der Waals surface area (Å²) in [6.45, 7) is 2.55. The third-order valence-corrected chi connectivity index (χ3v) is 1.98. The molecule has 0 aliphatic carbocycles. The number of ether oxygens (including phenoxy) is 1. The van der Waals surface area contributed by atoms with Crippen LogP contribution in [0.1, 0.15) is 30.3 Å². The molecule has 5 heteroatoms. The number of carbonyl (C=O) groups is 1. The number of hydrogen-bond acceptors (Lipinski definition) is 4. The van der Waals surface area contributed by atoms with E-state index in [4.69, 9.17) is 0 Å². The second kappa shape index (κ2) is 5.29. The molecular formula is C10H14N2O3. The van der Waals surface area contributed by atoms with Crippen LogP contribution in [0.5, 0.6) is 0 Å². The second-order valence-electron chi connectivity index (χ2n) is 3.13. The maximum Gasteiger partial charge on any atom is 0.358 e. The molecule has 0 saturated carbocycles. The standard InChI is InChI=1S/C10H14N2O3/c1-3-4-7-12-9(13)6-5-8(11-12)10(14)15-2/h5-6H,3-4,7H2,1-2H3. The number of esters is 1. The molecule has 0 radical (unpaired) electrons. The fourth-order valence-corrected chi connectivity index (χ4v) is 1.13. The van der Waals surface area contributed by atoms with Gasteiger partial charge in [-0.05, 0) is 12.5 Å². The lowest BCUT2D eigenvalue weighted by Gasteiger charge is -2.04. The summed E-state index contributed by atoms with van der Waals surface area (Å²) in [6.07, 6.45) is 1.83. The normalized spacial score (nSPS) is 10.0. The van der Waals surface area contributed by atoms with Gasteiger partial charge in [0.2, 0.25) is 0 Å². The summed E-state index contributed by atoms with van der Waals surface area (Å²) < 4.78 is 5.81. The van der Waals surface area contributed by atoms with Crippen LogP contribution in [-0.2, 0) is 11.3 Å². The summed E-state index contributed by atoms with van der Waals surface area (Å²) in [6, 6.07) is 2.70. The van der Waals surface area contributed by atoms with E-state index in [9.17, 15) is 9.59 Å². The van der Waals surface area contributed by atoms with Gasteiger partial charge in [0.1, 0.15) is 0 Å². The summed E-state index contributed by atoms with van der Waals surface area (Å²) in [5.74, 6) is -0.528. The number of unbranched alkanes of at least 4 members (excludes halogenated alkanes) is 1. The van der Waals surface area contributed by atoms with Gasteiger partial charge in [-0.15, -0.1) is 0 Å². The fourth-order valence-electron chi connectivity index (χ4n) is 1.13. The Labute approximate surface area is 87.7 Å². The Balaban J connectivity index is 2.95. The quantitative estimate of drug-likeness (QED) is 0.690. The third-order valence-electron chi connectivity index (χ3n) is 1.98. The molecule has 1 aromatic heterocycles. The Bertz CT molecular complexity index is 398. The van der Waals surface area contributed by atoms with Crippen molar-refractivity contribution in [2.24, 2.45) is 0 Å². The minimum absolute atomic E-state index is 0.160. The van der Waals surface area contributed by atoms with Crippen LogP contribution in [0.4, 0.5) is 0 Å². The van der Waals surface area contributed by atoms with Crippen molar-refractivity contribution in [3.05, 3.63) is 28.2 Å². The minimum Gasteiger partial charge on any atom is -0.464 e. The Morgan fingerprint density at radius 2 is 2.27 bits per heavy atom. The molecule has 82 valence electrons. The van der Waals surface area contributed by atoms with Crippen molar-refractivity contribution in [3.8, 4) is 0 Å². The lowest BCUT2D eigenvalue weighted by atomic mass is 10.3. The van der Waals surface area contributed by atoms with E-state index in [1.54, 1.807) is 0 Å². The van der Waals surface area contributed by atoms with Crippen LogP contribution in [0.15, 0.2) is 16.9 Å². The highest BCUT2D eigenvalue weighted by molar-refractivity contribution is 5.86. The fraction of sp³-hybridized carbons (Fsp3) is 0.500. The third kappa shape index (κ3) is 2.90. The number of carbonyl (C=O) groups excluding carboxylic acids is 1. The largest absolute Gasteiger partial charge is 0.464 e. The first kappa shape index (κ1) is 11.4. The summed E-state index contributed by atoms with van der Waals surface area (Å²) >= 11 is 0. The number of aryl methyl sites for hydroxylation is 1. The summed E-state index contributed by atoms with van der Waals surface area (Å²) in [5, 5.41) is 3.91. The van der Waals surface area contributed by atoms with Crippen LogP contribution in [-0.4, -0.2) is 22.9 Å². The van der Waals surface area contributed by atoms with Crippen molar-refractivity contribution in [2.75, 3.05) is 7.11 Å². The van der Waals surface area contributed by atoms with Gasteiger partial charge in [0.15, 0.2) is 5.69 Å². The van der Waals surface area contributed by atoms with Crippen molar-refractivity contribution in [1.29, 1.82) is 0 Å². The Kier molecular flexibility index (Phi) is 4.03. The Morgan fingerprint density at radius 3 is 2.87 bits per heavy atom. The molecule has 1 aromatic rings. The predicted octanol–water partition coefficient (Wildman–Crippen LogP) is 0.830. The molecule has 0 N–H and O–H groups in total. The highest BCUT2D eigenvalue weighted by atomic mass is 16.5. The number of rotatable bonds is 4. The topological polar surface area (TPSA) is 61.2 Å². The predicted molar refractivity (Wildman–Crippen MR) is 54.7 cm³/mol. The van der Waals surface area contributed by atoms with E-state index in [0.717, 1.165) is 12.8 Å². The maximum atomic E-state index is 11.3. The second-order valence-corrected chi connectivity index (χ2v) is 3.13.